The van der Waals surface area contributed by atoms with Crippen molar-refractivity contribution in [3.8, 4) is 0 Å². The number of rotatable bonds is 2. The van der Waals surface area contributed by atoms with Gasteiger partial charge in [0.2, 0.25) is 0 Å². The Labute approximate surface area is 128 Å². The second-order valence-electron chi connectivity index (χ2n) is 4.54. The van der Waals surface area contributed by atoms with Crippen LogP contribution in [-0.4, -0.2) is 5.11 Å². The van der Waals surface area contributed by atoms with E-state index in [0.717, 1.165) is 14.5 Å². The van der Waals surface area contributed by atoms with Crippen LogP contribution in [-0.2, 0) is 0 Å². The van der Waals surface area contributed by atoms with E-state index in [2.05, 4.69) is 31.9 Å². The number of hydrogen-bond donors (Lipinski definition) is 1. The Morgan fingerprint density at radius 2 is 1.63 bits per heavy atom. The molecule has 0 aliphatic rings. The van der Waals surface area contributed by atoms with Crippen LogP contribution in [0.5, 0.6) is 0 Å². The number of hydrogen-bond acceptors (Lipinski definition) is 1. The average molecular weight is 388 g/mol. The van der Waals surface area contributed by atoms with Crippen LogP contribution in [0.2, 0.25) is 0 Å². The van der Waals surface area contributed by atoms with Gasteiger partial charge in [-0.05, 0) is 48.7 Å². The summed E-state index contributed by atoms with van der Waals surface area (Å²) in [7, 11) is 0. The molecule has 0 radical (unpaired) electrons. The minimum absolute atomic E-state index is 0.218. The van der Waals surface area contributed by atoms with Crippen molar-refractivity contribution >= 4 is 31.9 Å². The van der Waals surface area contributed by atoms with Crippen LogP contribution in [0, 0.1) is 19.7 Å². The maximum Gasteiger partial charge on any atom is 0.129 e. The topological polar surface area (TPSA) is 20.2 Å². The lowest BCUT2D eigenvalue weighted by atomic mass is 9.97. The zero-order chi connectivity index (χ0) is 14.2. The summed E-state index contributed by atoms with van der Waals surface area (Å²) in [6.45, 7) is 3.41. The van der Waals surface area contributed by atoms with Gasteiger partial charge in [-0.1, -0.05) is 44.0 Å². The van der Waals surface area contributed by atoms with E-state index in [1.807, 2.05) is 18.2 Å². The molecule has 19 heavy (non-hydrogen) atoms. The predicted molar refractivity (Wildman–Crippen MR) is 81.8 cm³/mol. The van der Waals surface area contributed by atoms with E-state index >= 15 is 0 Å². The quantitative estimate of drug-likeness (QED) is 0.764. The summed E-state index contributed by atoms with van der Waals surface area (Å²) >= 11 is 6.81. The van der Waals surface area contributed by atoms with Crippen LogP contribution >= 0.6 is 31.9 Å². The van der Waals surface area contributed by atoms with Gasteiger partial charge in [-0.2, -0.15) is 0 Å². The Morgan fingerprint density at radius 3 is 2.21 bits per heavy atom. The number of aliphatic hydroxyl groups is 1. The first-order valence-electron chi connectivity index (χ1n) is 5.80. The Hall–Kier alpha value is -0.710. The third-order valence-electron chi connectivity index (χ3n) is 3.03. The fourth-order valence-electron chi connectivity index (χ4n) is 2.04. The average Bonchev–Trinajstić information content (AvgIpc) is 2.37. The molecule has 2 aromatic carbocycles. The molecule has 1 unspecified atom stereocenters. The highest BCUT2D eigenvalue weighted by Crippen LogP contribution is 2.32. The second-order valence-corrected chi connectivity index (χ2v) is 6.31. The summed E-state index contributed by atoms with van der Waals surface area (Å²) in [4.78, 5) is 0. The molecule has 0 bridgehead atoms. The van der Waals surface area contributed by atoms with Crippen molar-refractivity contribution in [1.82, 2.24) is 0 Å². The third-order valence-corrected chi connectivity index (χ3v) is 4.24. The minimum Gasteiger partial charge on any atom is -0.384 e. The molecular weight excluding hydrogens is 375 g/mol. The van der Waals surface area contributed by atoms with Crippen LogP contribution in [0.25, 0.3) is 0 Å². The molecule has 0 saturated carbocycles. The fourth-order valence-corrected chi connectivity index (χ4v) is 2.88. The number of halogens is 3. The lowest BCUT2D eigenvalue weighted by Gasteiger charge is -2.16. The second kappa shape index (κ2) is 5.73. The van der Waals surface area contributed by atoms with E-state index < -0.39 is 6.10 Å². The first kappa shape index (κ1) is 14.7. The third kappa shape index (κ3) is 3.07. The molecule has 0 aromatic heterocycles. The van der Waals surface area contributed by atoms with E-state index in [-0.39, 0.29) is 5.82 Å². The van der Waals surface area contributed by atoms with Gasteiger partial charge in [-0.25, -0.2) is 4.39 Å². The van der Waals surface area contributed by atoms with Crippen molar-refractivity contribution in [2.24, 2.45) is 0 Å². The highest BCUT2D eigenvalue weighted by molar-refractivity contribution is 9.11. The summed E-state index contributed by atoms with van der Waals surface area (Å²) in [6, 6.07) is 8.97. The lowest BCUT2D eigenvalue weighted by molar-refractivity contribution is 0.219. The molecule has 0 aliphatic carbocycles. The minimum atomic E-state index is -0.787. The first-order chi connectivity index (χ1) is 8.90. The molecule has 0 fully saturated rings. The molecule has 0 amide bonds. The summed E-state index contributed by atoms with van der Waals surface area (Å²) in [5, 5.41) is 10.5. The lowest BCUT2D eigenvalue weighted by Crippen LogP contribution is -2.03. The van der Waals surface area contributed by atoms with E-state index in [1.165, 1.54) is 0 Å². The van der Waals surface area contributed by atoms with Gasteiger partial charge in [0.15, 0.2) is 0 Å². The van der Waals surface area contributed by atoms with Crippen LogP contribution < -0.4 is 0 Å². The van der Waals surface area contributed by atoms with E-state index in [1.54, 1.807) is 26.0 Å². The molecule has 4 heteroatoms. The van der Waals surface area contributed by atoms with E-state index in [9.17, 15) is 9.50 Å². The monoisotopic (exact) mass is 386 g/mol. The molecule has 100 valence electrons. The van der Waals surface area contributed by atoms with Gasteiger partial charge in [0, 0.05) is 14.5 Å². The van der Waals surface area contributed by atoms with Gasteiger partial charge in [0.25, 0.3) is 0 Å². The van der Waals surface area contributed by atoms with E-state index in [4.69, 9.17) is 0 Å². The molecule has 2 aromatic rings. The zero-order valence-corrected chi connectivity index (χ0v) is 13.7. The number of benzene rings is 2. The normalized spacial score (nSPS) is 12.5. The Kier molecular flexibility index (Phi) is 4.43. The van der Waals surface area contributed by atoms with Crippen LogP contribution in [0.4, 0.5) is 4.39 Å². The summed E-state index contributed by atoms with van der Waals surface area (Å²) < 4.78 is 15.3. The van der Waals surface area contributed by atoms with Gasteiger partial charge >= 0.3 is 0 Å². The predicted octanol–water partition coefficient (Wildman–Crippen LogP) is 5.05. The van der Waals surface area contributed by atoms with Crippen molar-refractivity contribution in [3.05, 3.63) is 67.3 Å². The van der Waals surface area contributed by atoms with Gasteiger partial charge in [0.1, 0.15) is 11.9 Å². The maximum atomic E-state index is 13.6. The van der Waals surface area contributed by atoms with Crippen LogP contribution in [0.3, 0.4) is 0 Å². The molecule has 1 N–H and O–H groups in total. The zero-order valence-electron chi connectivity index (χ0n) is 10.5. The molecule has 1 atom stereocenters. The van der Waals surface area contributed by atoms with Crippen molar-refractivity contribution in [3.63, 3.8) is 0 Å². The smallest absolute Gasteiger partial charge is 0.129 e. The Bertz CT molecular complexity index is 603. The molecule has 0 spiro atoms. The largest absolute Gasteiger partial charge is 0.384 e. The fraction of sp³-hybridized carbons (Fsp3) is 0.200. The first-order valence-corrected chi connectivity index (χ1v) is 7.38. The molecule has 0 aliphatic heterocycles. The van der Waals surface area contributed by atoms with Gasteiger partial charge < -0.3 is 5.11 Å². The summed E-state index contributed by atoms with van der Waals surface area (Å²) in [5.74, 6) is -0.218. The van der Waals surface area contributed by atoms with Gasteiger partial charge in [0.05, 0.1) is 0 Å². The van der Waals surface area contributed by atoms with Gasteiger partial charge in [-0.3, -0.25) is 0 Å². The van der Waals surface area contributed by atoms with Crippen molar-refractivity contribution in [2.75, 3.05) is 0 Å². The van der Waals surface area contributed by atoms with Crippen molar-refractivity contribution in [2.45, 2.75) is 20.0 Å². The SMILES string of the molecule is Cc1cc(C(O)c2cc(Br)ccc2Br)cc(C)c1F. The number of aliphatic hydroxyl groups excluding tert-OH is 1. The summed E-state index contributed by atoms with van der Waals surface area (Å²) in [6.07, 6.45) is -0.787. The van der Waals surface area contributed by atoms with Crippen LogP contribution in [0.15, 0.2) is 39.3 Å². The summed E-state index contributed by atoms with van der Waals surface area (Å²) in [5.41, 5.74) is 2.52. The maximum absolute atomic E-state index is 13.6. The van der Waals surface area contributed by atoms with Crippen molar-refractivity contribution in [1.29, 1.82) is 0 Å². The van der Waals surface area contributed by atoms with E-state index in [0.29, 0.717) is 16.7 Å². The Morgan fingerprint density at radius 1 is 1.05 bits per heavy atom. The molecule has 0 saturated heterocycles. The number of aryl methyl sites for hydroxylation is 2. The highest BCUT2D eigenvalue weighted by atomic mass is 79.9. The highest BCUT2D eigenvalue weighted by Gasteiger charge is 2.16. The standard InChI is InChI=1S/C15H13Br2FO/c1-8-5-10(6-9(2)14(8)18)15(19)12-7-11(16)3-4-13(12)17/h3-7,15,19H,1-2H3. The molecule has 0 heterocycles. The van der Waals surface area contributed by atoms with Crippen molar-refractivity contribution < 1.29 is 9.50 Å². The molecule has 2 rings (SSSR count). The Balaban J connectivity index is 2.49. The molecular formula is C15H13Br2FO. The van der Waals surface area contributed by atoms with Crippen LogP contribution in [0.1, 0.15) is 28.4 Å². The van der Waals surface area contributed by atoms with Gasteiger partial charge in [-0.15, -0.1) is 0 Å². The molecule has 1 nitrogen and oxygen atoms in total.